The number of carbonyl (C=O) groups is 1. The minimum absolute atomic E-state index is 0.110. The van der Waals surface area contributed by atoms with Gasteiger partial charge in [-0.2, -0.15) is 0 Å². The number of benzene rings is 1. The maximum Gasteiger partial charge on any atom is 0.264 e. The molecule has 3 heterocycles. The molecule has 0 saturated carbocycles. The number of fused-ring (bicyclic) bond motifs is 1. The van der Waals surface area contributed by atoms with Crippen LogP contribution in [0, 0.1) is 0 Å². The number of likely N-dealkylation sites (N-methyl/N-ethyl adjacent to an activating group) is 1. The minimum atomic E-state index is 0.110. The summed E-state index contributed by atoms with van der Waals surface area (Å²) in [5.74, 6) is 0.567. The third kappa shape index (κ3) is 5.91. The van der Waals surface area contributed by atoms with Crippen molar-refractivity contribution in [3.8, 4) is 0 Å². The van der Waals surface area contributed by atoms with Crippen LogP contribution in [0.5, 0.6) is 0 Å². The van der Waals surface area contributed by atoms with Gasteiger partial charge in [-0.1, -0.05) is 26.5 Å². The van der Waals surface area contributed by atoms with E-state index in [-0.39, 0.29) is 5.91 Å². The highest BCUT2D eigenvalue weighted by atomic mass is 32.1. The van der Waals surface area contributed by atoms with Gasteiger partial charge in [-0.25, -0.2) is 9.97 Å². The molecule has 1 aromatic carbocycles. The highest BCUT2D eigenvalue weighted by Gasteiger charge is 2.22. The van der Waals surface area contributed by atoms with Gasteiger partial charge in [0.1, 0.15) is 0 Å². The number of hydrogen-bond donors (Lipinski definition) is 1. The summed E-state index contributed by atoms with van der Waals surface area (Å²) >= 11 is 1.53. The number of anilines is 2. The zero-order valence-electron chi connectivity index (χ0n) is 19.4. The Morgan fingerprint density at radius 1 is 1.18 bits per heavy atom. The Morgan fingerprint density at radius 3 is 2.64 bits per heavy atom. The first-order chi connectivity index (χ1) is 16.1. The van der Waals surface area contributed by atoms with E-state index in [0.29, 0.717) is 17.3 Å². The highest BCUT2D eigenvalue weighted by Crippen LogP contribution is 2.30. The molecule has 1 aliphatic heterocycles. The van der Waals surface area contributed by atoms with Crippen molar-refractivity contribution < 1.29 is 4.79 Å². The highest BCUT2D eigenvalue weighted by molar-refractivity contribution is 7.20. The first-order valence-electron chi connectivity index (χ1n) is 11.0. The van der Waals surface area contributed by atoms with Crippen LogP contribution in [0.1, 0.15) is 29.2 Å². The van der Waals surface area contributed by atoms with Crippen LogP contribution in [0.15, 0.2) is 60.3 Å². The van der Waals surface area contributed by atoms with Crippen molar-refractivity contribution in [2.24, 2.45) is 4.99 Å². The average molecular weight is 463 g/mol. The lowest BCUT2D eigenvalue weighted by atomic mass is 10.2. The maximum absolute atomic E-state index is 12.9. The third-order valence-corrected chi connectivity index (χ3v) is 6.24. The molecule has 7 nitrogen and oxygen atoms in total. The number of aliphatic imine (C=N–C) groups is 1. The molecule has 1 amide bonds. The summed E-state index contributed by atoms with van der Waals surface area (Å²) in [6.07, 6.45) is 5.06. The summed E-state index contributed by atoms with van der Waals surface area (Å²) in [5.41, 5.74) is 2.13. The number of thiophene rings is 1. The van der Waals surface area contributed by atoms with Gasteiger partial charge >= 0.3 is 0 Å². The molecule has 172 valence electrons. The van der Waals surface area contributed by atoms with Crippen molar-refractivity contribution in [3.63, 3.8) is 0 Å². The molecule has 0 bridgehead atoms. The molecular formula is C25H30N6OS. The van der Waals surface area contributed by atoms with E-state index in [4.69, 9.17) is 0 Å². The van der Waals surface area contributed by atoms with Gasteiger partial charge < -0.3 is 15.1 Å². The first kappa shape index (κ1) is 24.3. The Hall–Kier alpha value is -3.36. The van der Waals surface area contributed by atoms with Crippen molar-refractivity contribution in [3.05, 3.63) is 65.8 Å². The standard InChI is InChI=1S/C23H24N6OS.C2H6/c1-4-5-18(24-2)19-8-9-25-23(27-19)26-17-6-7-20-16(14-17)15-21(31-20)22(30)29-12-10-28(3)11-13-29;1-2/h4-9,14-15H,1-2,10-13H2,3H3,(H,25,26,27);1-2H3/b18-5-;. The smallest absolute Gasteiger partial charge is 0.264 e. The number of carbonyl (C=O) groups excluding carboxylic acids is 1. The molecule has 0 radical (unpaired) electrons. The van der Waals surface area contributed by atoms with Gasteiger partial charge in [0.05, 0.1) is 16.3 Å². The molecule has 1 aliphatic rings. The van der Waals surface area contributed by atoms with E-state index in [1.54, 1.807) is 24.4 Å². The number of aromatic nitrogens is 2. The van der Waals surface area contributed by atoms with Gasteiger partial charge in [0.15, 0.2) is 0 Å². The molecule has 1 N–H and O–H groups in total. The lowest BCUT2D eigenvalue weighted by Gasteiger charge is -2.32. The number of piperazine rings is 1. The number of allylic oxidation sites excluding steroid dienone is 2. The van der Waals surface area contributed by atoms with Crippen LogP contribution < -0.4 is 5.32 Å². The monoisotopic (exact) mass is 462 g/mol. The van der Waals surface area contributed by atoms with Gasteiger partial charge in [-0.3, -0.25) is 9.79 Å². The molecule has 0 aliphatic carbocycles. The fourth-order valence-electron chi connectivity index (χ4n) is 3.41. The van der Waals surface area contributed by atoms with E-state index in [0.717, 1.165) is 46.8 Å². The summed E-state index contributed by atoms with van der Waals surface area (Å²) in [5, 5.41) is 4.25. The van der Waals surface area contributed by atoms with E-state index >= 15 is 0 Å². The number of nitrogens with zero attached hydrogens (tertiary/aromatic N) is 5. The molecule has 33 heavy (non-hydrogen) atoms. The second kappa shape index (κ2) is 11.5. The van der Waals surface area contributed by atoms with Crippen LogP contribution in [0.2, 0.25) is 0 Å². The third-order valence-electron chi connectivity index (χ3n) is 5.14. The molecule has 1 saturated heterocycles. The van der Waals surface area contributed by atoms with Gasteiger partial charge in [0.25, 0.3) is 5.91 Å². The number of rotatable bonds is 6. The summed E-state index contributed by atoms with van der Waals surface area (Å²) in [4.78, 5) is 30.6. The predicted octanol–water partition coefficient (Wildman–Crippen LogP) is 5.08. The van der Waals surface area contributed by atoms with E-state index in [1.165, 1.54) is 11.3 Å². The summed E-state index contributed by atoms with van der Waals surface area (Å²) in [6.45, 7) is 14.6. The zero-order valence-corrected chi connectivity index (χ0v) is 20.2. The second-order valence-electron chi connectivity index (χ2n) is 7.29. The van der Waals surface area contributed by atoms with Crippen LogP contribution >= 0.6 is 11.3 Å². The fourth-order valence-corrected chi connectivity index (χ4v) is 4.42. The molecule has 3 aromatic rings. The first-order valence-corrected chi connectivity index (χ1v) is 11.8. The van der Waals surface area contributed by atoms with E-state index in [9.17, 15) is 4.79 Å². The van der Waals surface area contributed by atoms with Crippen molar-refractivity contribution in [2.75, 3.05) is 38.5 Å². The molecule has 0 spiro atoms. The molecule has 4 rings (SSSR count). The Labute approximate surface area is 199 Å². The van der Waals surface area contributed by atoms with Gasteiger partial charge in [0.2, 0.25) is 5.95 Å². The van der Waals surface area contributed by atoms with Crippen LogP contribution in [0.4, 0.5) is 11.6 Å². The van der Waals surface area contributed by atoms with Crippen molar-refractivity contribution in [2.45, 2.75) is 13.8 Å². The summed E-state index contributed by atoms with van der Waals surface area (Å²) in [6, 6.07) is 9.73. The van der Waals surface area contributed by atoms with Crippen LogP contribution in [0.25, 0.3) is 15.8 Å². The molecule has 0 unspecified atom stereocenters. The van der Waals surface area contributed by atoms with Gasteiger partial charge in [0, 0.05) is 42.8 Å². The molecule has 2 aromatic heterocycles. The van der Waals surface area contributed by atoms with Crippen LogP contribution in [-0.2, 0) is 0 Å². The largest absolute Gasteiger partial charge is 0.335 e. The maximum atomic E-state index is 12.9. The molecular weight excluding hydrogens is 432 g/mol. The number of amides is 1. The van der Waals surface area contributed by atoms with E-state index in [2.05, 4.69) is 45.5 Å². The Morgan fingerprint density at radius 2 is 1.94 bits per heavy atom. The van der Waals surface area contributed by atoms with Crippen molar-refractivity contribution >= 4 is 51.4 Å². The quantitative estimate of drug-likeness (QED) is 0.409. The lowest BCUT2D eigenvalue weighted by Crippen LogP contribution is -2.46. The number of hydrogen-bond acceptors (Lipinski definition) is 7. The predicted molar refractivity (Wildman–Crippen MR) is 140 cm³/mol. The lowest BCUT2D eigenvalue weighted by molar-refractivity contribution is 0.0669. The normalized spacial score (nSPS) is 14.4. The molecule has 1 fully saturated rings. The topological polar surface area (TPSA) is 73.7 Å². The summed E-state index contributed by atoms with van der Waals surface area (Å²) in [7, 11) is 2.08. The average Bonchev–Trinajstić information content (AvgIpc) is 3.27. The SMILES string of the molecule is C=C/C=C(\N=C)c1ccnc(Nc2ccc3sc(C(=O)N4CCN(C)CC4)cc3c2)n1.CC. The minimum Gasteiger partial charge on any atom is -0.335 e. The van der Waals surface area contributed by atoms with Crippen molar-refractivity contribution in [1.82, 2.24) is 19.8 Å². The Bertz CT molecular complexity index is 1160. The second-order valence-corrected chi connectivity index (χ2v) is 8.38. The number of nitrogens with one attached hydrogen (secondary N) is 1. The van der Waals surface area contributed by atoms with Crippen LogP contribution in [0.3, 0.4) is 0 Å². The van der Waals surface area contributed by atoms with Crippen molar-refractivity contribution in [1.29, 1.82) is 0 Å². The summed E-state index contributed by atoms with van der Waals surface area (Å²) < 4.78 is 1.07. The molecule has 0 atom stereocenters. The Kier molecular flexibility index (Phi) is 8.46. The zero-order chi connectivity index (χ0) is 23.8. The van der Waals surface area contributed by atoms with E-state index < -0.39 is 0 Å². The fraction of sp³-hybridized carbons (Fsp3) is 0.280. The van der Waals surface area contributed by atoms with Gasteiger partial charge in [-0.15, -0.1) is 11.3 Å². The molecule has 8 heteroatoms. The van der Waals surface area contributed by atoms with Crippen LogP contribution in [-0.4, -0.2) is 65.6 Å². The van der Waals surface area contributed by atoms with Gasteiger partial charge in [-0.05, 0) is 55.6 Å². The van der Waals surface area contributed by atoms with E-state index in [1.807, 2.05) is 43.0 Å². The Balaban J connectivity index is 0.00000149.